The predicted molar refractivity (Wildman–Crippen MR) is 116 cm³/mol. The maximum absolute atomic E-state index is 11.5. The highest BCUT2D eigenvalue weighted by Crippen LogP contribution is 2.25. The van der Waals surface area contributed by atoms with Crippen LogP contribution in [0.3, 0.4) is 0 Å². The number of nitrogens with zero attached hydrogens (tertiary/aromatic N) is 3. The first-order chi connectivity index (χ1) is 14.2. The molecule has 3 aromatic rings. The second-order valence-electron chi connectivity index (χ2n) is 7.45. The summed E-state index contributed by atoms with van der Waals surface area (Å²) in [6.07, 6.45) is 6.09. The molecule has 0 fully saturated rings. The third-order valence-corrected chi connectivity index (χ3v) is 6.24. The molecule has 2 aromatic heterocycles. The van der Waals surface area contributed by atoms with E-state index in [2.05, 4.69) is 28.8 Å². The van der Waals surface area contributed by atoms with Gasteiger partial charge in [0.25, 0.3) is 0 Å². The van der Waals surface area contributed by atoms with Gasteiger partial charge in [-0.2, -0.15) is 0 Å². The molecule has 0 aliphatic rings. The minimum absolute atomic E-state index is 0.0899. The highest BCUT2D eigenvalue weighted by Gasteiger charge is 2.14. The van der Waals surface area contributed by atoms with Crippen molar-refractivity contribution in [1.29, 1.82) is 5.41 Å². The fourth-order valence-electron chi connectivity index (χ4n) is 2.95. The number of rotatable bonds is 8. The SMILES string of the molecule is CCC(C)C(=N)CCc1nc(-c2ccc(-c3ncc(S(C)(=O)=O)cn3)cc2)oc1C. The van der Waals surface area contributed by atoms with E-state index in [9.17, 15) is 8.42 Å². The van der Waals surface area contributed by atoms with Gasteiger partial charge in [-0.25, -0.2) is 23.4 Å². The number of oxazole rings is 1. The van der Waals surface area contributed by atoms with E-state index >= 15 is 0 Å². The predicted octanol–water partition coefficient (Wildman–Crippen LogP) is 4.51. The Morgan fingerprint density at radius 1 is 1.13 bits per heavy atom. The van der Waals surface area contributed by atoms with Gasteiger partial charge in [-0.3, -0.25) is 0 Å². The maximum atomic E-state index is 11.5. The first kappa shape index (κ1) is 21.8. The third kappa shape index (κ3) is 4.99. The molecule has 1 unspecified atom stereocenters. The topological polar surface area (TPSA) is 110 Å². The monoisotopic (exact) mass is 426 g/mol. The average molecular weight is 427 g/mol. The Kier molecular flexibility index (Phi) is 6.45. The molecule has 158 valence electrons. The zero-order valence-corrected chi connectivity index (χ0v) is 18.5. The van der Waals surface area contributed by atoms with E-state index in [1.807, 2.05) is 31.2 Å². The first-order valence-corrected chi connectivity index (χ1v) is 11.7. The van der Waals surface area contributed by atoms with Crippen LogP contribution in [-0.4, -0.2) is 35.3 Å². The highest BCUT2D eigenvalue weighted by molar-refractivity contribution is 7.90. The van der Waals surface area contributed by atoms with E-state index in [-0.39, 0.29) is 10.8 Å². The molecule has 1 aromatic carbocycles. The fraction of sp³-hybridized carbons (Fsp3) is 0.364. The summed E-state index contributed by atoms with van der Waals surface area (Å²) in [5.41, 5.74) is 3.22. The van der Waals surface area contributed by atoms with Crippen LogP contribution in [0.15, 0.2) is 46.0 Å². The summed E-state index contributed by atoms with van der Waals surface area (Å²) in [4.78, 5) is 13.0. The van der Waals surface area contributed by atoms with Crippen molar-refractivity contribution in [2.75, 3.05) is 6.26 Å². The van der Waals surface area contributed by atoms with E-state index in [0.29, 0.717) is 24.6 Å². The summed E-state index contributed by atoms with van der Waals surface area (Å²) >= 11 is 0. The summed E-state index contributed by atoms with van der Waals surface area (Å²) in [5.74, 6) is 2.04. The first-order valence-electron chi connectivity index (χ1n) is 9.85. The lowest BCUT2D eigenvalue weighted by molar-refractivity contribution is 0.539. The Morgan fingerprint density at radius 3 is 2.30 bits per heavy atom. The van der Waals surface area contributed by atoms with Crippen molar-refractivity contribution >= 4 is 15.5 Å². The Morgan fingerprint density at radius 2 is 1.73 bits per heavy atom. The lowest BCUT2D eigenvalue weighted by Gasteiger charge is -2.09. The van der Waals surface area contributed by atoms with Crippen molar-refractivity contribution in [2.24, 2.45) is 5.92 Å². The zero-order chi connectivity index (χ0) is 21.9. The van der Waals surface area contributed by atoms with E-state index in [1.165, 1.54) is 12.4 Å². The molecule has 2 heterocycles. The average Bonchev–Trinajstić information content (AvgIpc) is 3.11. The summed E-state index contributed by atoms with van der Waals surface area (Å²) in [6.45, 7) is 6.06. The fourth-order valence-corrected chi connectivity index (χ4v) is 3.44. The molecule has 0 aliphatic heterocycles. The number of benzene rings is 1. The Hall–Kier alpha value is -2.87. The summed E-state index contributed by atoms with van der Waals surface area (Å²) in [5, 5.41) is 8.13. The molecule has 0 aliphatic carbocycles. The largest absolute Gasteiger partial charge is 0.441 e. The second kappa shape index (κ2) is 8.87. The van der Waals surface area contributed by atoms with Crippen molar-refractivity contribution in [3.05, 3.63) is 48.1 Å². The van der Waals surface area contributed by atoms with Crippen LogP contribution in [0.5, 0.6) is 0 Å². The quantitative estimate of drug-likeness (QED) is 0.531. The van der Waals surface area contributed by atoms with Gasteiger partial charge in [-0.05, 0) is 44.2 Å². The van der Waals surface area contributed by atoms with Gasteiger partial charge in [0.2, 0.25) is 5.89 Å². The normalized spacial score (nSPS) is 12.7. The molecule has 0 bridgehead atoms. The molecule has 0 radical (unpaired) electrons. The molecule has 3 rings (SSSR count). The number of nitrogens with one attached hydrogen (secondary N) is 1. The van der Waals surface area contributed by atoms with Gasteiger partial charge in [-0.15, -0.1) is 0 Å². The molecule has 0 amide bonds. The molecule has 0 saturated heterocycles. The third-order valence-electron chi connectivity index (χ3n) is 5.18. The molecule has 0 saturated carbocycles. The lowest BCUT2D eigenvalue weighted by atomic mass is 9.98. The van der Waals surface area contributed by atoms with Gasteiger partial charge in [-0.1, -0.05) is 26.0 Å². The summed E-state index contributed by atoms with van der Waals surface area (Å²) in [6, 6.07) is 7.45. The van der Waals surface area contributed by atoms with Crippen LogP contribution < -0.4 is 0 Å². The number of aryl methyl sites for hydroxylation is 2. The molecular formula is C22H26N4O3S. The Balaban J connectivity index is 1.74. The Labute approximate surface area is 177 Å². The van der Waals surface area contributed by atoms with Gasteiger partial charge >= 0.3 is 0 Å². The Bertz CT molecular complexity index is 1130. The van der Waals surface area contributed by atoms with Crippen LogP contribution in [-0.2, 0) is 16.3 Å². The molecule has 0 spiro atoms. The molecule has 7 nitrogen and oxygen atoms in total. The molecule has 30 heavy (non-hydrogen) atoms. The molecule has 1 N–H and O–H groups in total. The van der Waals surface area contributed by atoms with Gasteiger partial charge in [0.15, 0.2) is 15.7 Å². The van der Waals surface area contributed by atoms with Crippen molar-refractivity contribution in [1.82, 2.24) is 15.0 Å². The number of hydrogen-bond donors (Lipinski definition) is 1. The highest BCUT2D eigenvalue weighted by atomic mass is 32.2. The van der Waals surface area contributed by atoms with Gasteiger partial charge < -0.3 is 9.83 Å². The van der Waals surface area contributed by atoms with Gasteiger partial charge in [0.05, 0.1) is 5.69 Å². The standard InChI is InChI=1S/C22H26N4O3S/c1-5-14(2)19(23)10-11-20-15(3)29-22(26-20)17-8-6-16(7-9-17)21-24-12-18(13-25-21)30(4,27)28/h6-9,12-14,23H,5,10-11H2,1-4H3. The van der Waals surface area contributed by atoms with E-state index in [1.54, 1.807) is 0 Å². The minimum atomic E-state index is -3.32. The van der Waals surface area contributed by atoms with Crippen molar-refractivity contribution in [3.63, 3.8) is 0 Å². The minimum Gasteiger partial charge on any atom is -0.441 e. The van der Waals surface area contributed by atoms with Gasteiger partial charge in [0, 0.05) is 35.5 Å². The van der Waals surface area contributed by atoms with E-state index in [0.717, 1.165) is 41.0 Å². The maximum Gasteiger partial charge on any atom is 0.226 e. The van der Waals surface area contributed by atoms with Crippen LogP contribution in [0.25, 0.3) is 22.8 Å². The van der Waals surface area contributed by atoms with E-state index in [4.69, 9.17) is 9.83 Å². The van der Waals surface area contributed by atoms with Gasteiger partial charge in [0.1, 0.15) is 10.7 Å². The zero-order valence-electron chi connectivity index (χ0n) is 17.6. The van der Waals surface area contributed by atoms with Crippen molar-refractivity contribution in [2.45, 2.75) is 44.9 Å². The number of hydrogen-bond acceptors (Lipinski definition) is 7. The van der Waals surface area contributed by atoms with Crippen molar-refractivity contribution in [3.8, 4) is 22.8 Å². The van der Waals surface area contributed by atoms with Crippen LogP contribution in [0, 0.1) is 18.3 Å². The number of sulfone groups is 1. The molecular weight excluding hydrogens is 400 g/mol. The molecule has 8 heteroatoms. The summed E-state index contributed by atoms with van der Waals surface area (Å²) in [7, 11) is -3.32. The smallest absolute Gasteiger partial charge is 0.226 e. The molecule has 1 atom stereocenters. The van der Waals surface area contributed by atoms with Crippen LogP contribution >= 0.6 is 0 Å². The second-order valence-corrected chi connectivity index (χ2v) is 9.46. The van der Waals surface area contributed by atoms with Crippen molar-refractivity contribution < 1.29 is 12.8 Å². The number of aromatic nitrogens is 3. The van der Waals surface area contributed by atoms with Crippen LogP contribution in [0.4, 0.5) is 0 Å². The van der Waals surface area contributed by atoms with E-state index < -0.39 is 9.84 Å². The van der Waals surface area contributed by atoms with Crippen LogP contribution in [0.1, 0.15) is 38.1 Å². The lowest BCUT2D eigenvalue weighted by Crippen LogP contribution is -2.10. The summed E-state index contributed by atoms with van der Waals surface area (Å²) < 4.78 is 28.9. The van der Waals surface area contributed by atoms with Crippen LogP contribution in [0.2, 0.25) is 0 Å².